The Morgan fingerprint density at radius 1 is 1.29 bits per heavy atom. The molecule has 1 aromatic rings. The van der Waals surface area contributed by atoms with E-state index in [0.29, 0.717) is 6.54 Å². The van der Waals surface area contributed by atoms with E-state index in [2.05, 4.69) is 21.2 Å². The van der Waals surface area contributed by atoms with Gasteiger partial charge in [0.05, 0.1) is 5.56 Å². The molecule has 0 spiro atoms. The average molecular weight is 366 g/mol. The minimum atomic E-state index is -4.49. The molecule has 0 aliphatic carbocycles. The van der Waals surface area contributed by atoms with Gasteiger partial charge in [0.2, 0.25) is 0 Å². The van der Waals surface area contributed by atoms with Gasteiger partial charge in [0.1, 0.15) is 0 Å². The minimum Gasteiger partial charge on any atom is -0.352 e. The second-order valence-corrected chi connectivity index (χ2v) is 7.02. The van der Waals surface area contributed by atoms with Crippen molar-refractivity contribution < 1.29 is 18.0 Å². The van der Waals surface area contributed by atoms with Gasteiger partial charge in [0.15, 0.2) is 0 Å². The van der Waals surface area contributed by atoms with Crippen molar-refractivity contribution in [1.29, 1.82) is 0 Å². The van der Waals surface area contributed by atoms with Crippen molar-refractivity contribution in [2.75, 3.05) is 6.54 Å². The van der Waals surface area contributed by atoms with E-state index in [1.165, 1.54) is 12.1 Å². The zero-order chi connectivity index (χ0) is 16.4. The summed E-state index contributed by atoms with van der Waals surface area (Å²) in [7, 11) is 0. The van der Waals surface area contributed by atoms with E-state index < -0.39 is 17.6 Å². The quantitative estimate of drug-likeness (QED) is 0.812. The van der Waals surface area contributed by atoms with Crippen LogP contribution in [-0.2, 0) is 6.18 Å². The number of amides is 1. The lowest BCUT2D eigenvalue weighted by molar-refractivity contribution is -0.138. The molecular formula is C15H19BrF3NO. The summed E-state index contributed by atoms with van der Waals surface area (Å²) < 4.78 is 38.3. The fraction of sp³-hybridized carbons (Fsp3) is 0.533. The highest BCUT2D eigenvalue weighted by Crippen LogP contribution is 2.35. The Bertz CT molecular complexity index is 521. The Balaban J connectivity index is 2.85. The molecule has 0 radical (unpaired) electrons. The normalized spacial score (nSPS) is 13.9. The van der Waals surface area contributed by atoms with Crippen LogP contribution in [0, 0.1) is 11.3 Å². The molecule has 0 aliphatic rings. The maximum atomic E-state index is 12.8. The molecule has 1 unspecified atom stereocenters. The lowest BCUT2D eigenvalue weighted by atomic mass is 9.82. The molecule has 0 aliphatic heterocycles. The molecule has 0 saturated carbocycles. The fourth-order valence-corrected chi connectivity index (χ4v) is 2.01. The van der Waals surface area contributed by atoms with E-state index in [0.717, 1.165) is 6.07 Å². The van der Waals surface area contributed by atoms with Crippen LogP contribution >= 0.6 is 15.9 Å². The number of benzene rings is 1. The third-order valence-corrected chi connectivity index (χ3v) is 4.27. The van der Waals surface area contributed by atoms with Crippen molar-refractivity contribution in [2.24, 2.45) is 11.3 Å². The Kier molecular flexibility index (Phi) is 5.47. The lowest BCUT2D eigenvalue weighted by Crippen LogP contribution is -2.33. The summed E-state index contributed by atoms with van der Waals surface area (Å²) >= 11 is 2.85. The summed E-state index contributed by atoms with van der Waals surface area (Å²) in [6, 6.07) is 3.47. The Hall–Kier alpha value is -1.04. The number of alkyl halides is 3. The van der Waals surface area contributed by atoms with Gasteiger partial charge in [-0.25, -0.2) is 0 Å². The zero-order valence-corrected chi connectivity index (χ0v) is 14.0. The molecule has 6 heteroatoms. The Morgan fingerprint density at radius 2 is 1.86 bits per heavy atom. The molecule has 2 nitrogen and oxygen atoms in total. The van der Waals surface area contributed by atoms with E-state index in [1.54, 1.807) is 0 Å². The molecule has 118 valence electrons. The molecule has 1 rings (SSSR count). The van der Waals surface area contributed by atoms with Gasteiger partial charge in [-0.2, -0.15) is 13.2 Å². The van der Waals surface area contributed by atoms with Crippen LogP contribution in [0.15, 0.2) is 22.7 Å². The van der Waals surface area contributed by atoms with Crippen molar-refractivity contribution >= 4 is 21.8 Å². The Morgan fingerprint density at radius 3 is 2.33 bits per heavy atom. The van der Waals surface area contributed by atoms with Gasteiger partial charge < -0.3 is 5.32 Å². The number of hydrogen-bond acceptors (Lipinski definition) is 1. The zero-order valence-electron chi connectivity index (χ0n) is 12.4. The summed E-state index contributed by atoms with van der Waals surface area (Å²) in [5.41, 5.74) is -0.824. The number of hydrogen-bond donors (Lipinski definition) is 1. The number of carbonyl (C=O) groups excluding carboxylic acids is 1. The maximum absolute atomic E-state index is 12.8. The van der Waals surface area contributed by atoms with Crippen LogP contribution in [0.4, 0.5) is 13.2 Å². The van der Waals surface area contributed by atoms with Gasteiger partial charge in [0.25, 0.3) is 5.91 Å². The number of rotatable bonds is 3. The van der Waals surface area contributed by atoms with Gasteiger partial charge in [-0.05, 0) is 29.5 Å². The van der Waals surface area contributed by atoms with E-state index in [4.69, 9.17) is 0 Å². The molecule has 1 N–H and O–H groups in total. The predicted molar refractivity (Wildman–Crippen MR) is 80.1 cm³/mol. The van der Waals surface area contributed by atoms with Crippen LogP contribution in [0.25, 0.3) is 0 Å². The molecular weight excluding hydrogens is 347 g/mol. The van der Waals surface area contributed by atoms with E-state index in [-0.39, 0.29) is 21.4 Å². The lowest BCUT2D eigenvalue weighted by Gasteiger charge is -2.27. The van der Waals surface area contributed by atoms with Crippen LogP contribution in [0.1, 0.15) is 43.6 Å². The van der Waals surface area contributed by atoms with Crippen LogP contribution in [0.2, 0.25) is 0 Å². The third kappa shape index (κ3) is 5.02. The molecule has 1 amide bonds. The highest BCUT2D eigenvalue weighted by molar-refractivity contribution is 9.10. The highest BCUT2D eigenvalue weighted by atomic mass is 79.9. The smallest absolute Gasteiger partial charge is 0.352 e. The predicted octanol–water partition coefficient (Wildman–Crippen LogP) is 4.88. The van der Waals surface area contributed by atoms with Crippen molar-refractivity contribution in [1.82, 2.24) is 5.32 Å². The molecule has 1 aromatic carbocycles. The monoisotopic (exact) mass is 365 g/mol. The highest BCUT2D eigenvalue weighted by Gasteiger charge is 2.33. The average Bonchev–Trinajstić information content (AvgIpc) is 2.33. The standard InChI is InChI=1S/C15H19BrF3NO/c1-9(14(2,3)4)8-20-13(21)10-5-6-12(16)11(7-10)15(17,18)19/h5-7,9H,8H2,1-4H3,(H,20,21). The second kappa shape index (κ2) is 6.38. The van der Waals surface area contributed by atoms with Gasteiger partial charge in [-0.3, -0.25) is 4.79 Å². The first-order chi connectivity index (χ1) is 9.43. The summed E-state index contributed by atoms with van der Waals surface area (Å²) in [5, 5.41) is 2.68. The maximum Gasteiger partial charge on any atom is 0.417 e. The number of nitrogens with one attached hydrogen (secondary N) is 1. The first-order valence-corrected chi connectivity index (χ1v) is 7.37. The van der Waals surface area contributed by atoms with E-state index >= 15 is 0 Å². The van der Waals surface area contributed by atoms with Crippen LogP contribution in [0.5, 0.6) is 0 Å². The first-order valence-electron chi connectivity index (χ1n) is 6.58. The van der Waals surface area contributed by atoms with Crippen molar-refractivity contribution in [3.05, 3.63) is 33.8 Å². The largest absolute Gasteiger partial charge is 0.417 e. The minimum absolute atomic E-state index is 0.00614. The van der Waals surface area contributed by atoms with Crippen LogP contribution < -0.4 is 5.32 Å². The molecule has 0 bridgehead atoms. The SMILES string of the molecule is CC(CNC(=O)c1ccc(Br)c(C(F)(F)F)c1)C(C)(C)C. The topological polar surface area (TPSA) is 29.1 Å². The second-order valence-electron chi connectivity index (χ2n) is 6.17. The van der Waals surface area contributed by atoms with Crippen molar-refractivity contribution in [3.63, 3.8) is 0 Å². The number of halogens is 4. The summed E-state index contributed by atoms with van der Waals surface area (Å²) in [4.78, 5) is 12.0. The van der Waals surface area contributed by atoms with Crippen LogP contribution in [-0.4, -0.2) is 12.5 Å². The van der Waals surface area contributed by atoms with Gasteiger partial charge in [0, 0.05) is 16.6 Å². The Labute approximate surface area is 131 Å². The molecule has 0 fully saturated rings. The first kappa shape index (κ1) is 18.0. The fourth-order valence-electron chi connectivity index (χ4n) is 1.54. The van der Waals surface area contributed by atoms with E-state index in [1.807, 2.05) is 27.7 Å². The third-order valence-electron chi connectivity index (χ3n) is 3.58. The molecule has 0 aromatic heterocycles. The molecule has 0 saturated heterocycles. The molecule has 0 heterocycles. The van der Waals surface area contributed by atoms with Gasteiger partial charge in [-0.1, -0.05) is 43.6 Å². The molecule has 1 atom stereocenters. The van der Waals surface area contributed by atoms with E-state index in [9.17, 15) is 18.0 Å². The van der Waals surface area contributed by atoms with Crippen LogP contribution in [0.3, 0.4) is 0 Å². The molecule has 21 heavy (non-hydrogen) atoms. The van der Waals surface area contributed by atoms with Crippen molar-refractivity contribution in [3.8, 4) is 0 Å². The number of carbonyl (C=O) groups is 1. The van der Waals surface area contributed by atoms with Gasteiger partial charge >= 0.3 is 6.18 Å². The summed E-state index contributed by atoms with van der Waals surface area (Å²) in [5.74, 6) is -0.289. The summed E-state index contributed by atoms with van der Waals surface area (Å²) in [6.07, 6.45) is -4.49. The summed E-state index contributed by atoms with van der Waals surface area (Å²) in [6.45, 7) is 8.55. The van der Waals surface area contributed by atoms with Gasteiger partial charge in [-0.15, -0.1) is 0 Å². The van der Waals surface area contributed by atoms with Crippen molar-refractivity contribution in [2.45, 2.75) is 33.9 Å².